The fourth-order valence-electron chi connectivity index (χ4n) is 3.91. The van der Waals surface area contributed by atoms with Gasteiger partial charge in [-0.2, -0.15) is 0 Å². The van der Waals surface area contributed by atoms with Gasteiger partial charge in [-0.3, -0.25) is 4.79 Å². The second-order valence-corrected chi connectivity index (χ2v) is 9.36. The molecule has 0 bridgehead atoms. The van der Waals surface area contributed by atoms with E-state index >= 15 is 0 Å². The van der Waals surface area contributed by atoms with Gasteiger partial charge in [0.1, 0.15) is 5.78 Å². The third kappa shape index (κ3) is 9.11. The van der Waals surface area contributed by atoms with Crippen LogP contribution in [0.25, 0.3) is 0 Å². The minimum Gasteiger partial charge on any atom is -1.00 e. The average molecular weight is 638 g/mol. The number of Topliss-reactive ketones (excluding diaryl/α,β-unsaturated/α-hetero) is 1. The van der Waals surface area contributed by atoms with Crippen LogP contribution in [0, 0.1) is 6.92 Å². The van der Waals surface area contributed by atoms with E-state index in [2.05, 4.69) is 64.1 Å². The van der Waals surface area contributed by atoms with Crippen LogP contribution < -0.4 is 17.0 Å². The predicted molar refractivity (Wildman–Crippen MR) is 138 cm³/mol. The largest absolute Gasteiger partial charge is 2.00 e. The third-order valence-corrected chi connectivity index (χ3v) is 6.84. The smallest absolute Gasteiger partial charge is 1.00 e. The SMILES string of the molecule is C=CCC1(O)CCc2c(Br)cccc2C1.C=C[CH2-].O=C1CCc2c(Br)cccc2C1.[Br-].[Mg+2]. The number of benzene rings is 2. The van der Waals surface area contributed by atoms with Crippen LogP contribution in [-0.4, -0.2) is 39.5 Å². The summed E-state index contributed by atoms with van der Waals surface area (Å²) in [5.74, 6) is 0.362. The summed E-state index contributed by atoms with van der Waals surface area (Å²) in [7, 11) is 0. The van der Waals surface area contributed by atoms with Crippen LogP contribution in [-0.2, 0) is 30.5 Å². The molecule has 2 aliphatic rings. The molecule has 2 aromatic carbocycles. The molecule has 2 nitrogen and oxygen atoms in total. The molecule has 32 heavy (non-hydrogen) atoms. The van der Waals surface area contributed by atoms with E-state index < -0.39 is 5.60 Å². The summed E-state index contributed by atoms with van der Waals surface area (Å²) in [6.45, 7) is 10.2. The van der Waals surface area contributed by atoms with Crippen molar-refractivity contribution in [1.82, 2.24) is 0 Å². The Kier molecular flexibility index (Phi) is 15.3. The molecule has 0 heterocycles. The minimum absolute atomic E-state index is 0. The molecule has 0 amide bonds. The van der Waals surface area contributed by atoms with E-state index in [9.17, 15) is 9.90 Å². The van der Waals surface area contributed by atoms with E-state index in [0.29, 0.717) is 25.0 Å². The molecule has 0 spiro atoms. The van der Waals surface area contributed by atoms with Gasteiger partial charge in [-0.1, -0.05) is 62.2 Å². The van der Waals surface area contributed by atoms with Gasteiger partial charge in [0.15, 0.2) is 0 Å². The fraction of sp³-hybridized carbons (Fsp3) is 0.308. The second kappa shape index (κ2) is 15.5. The summed E-state index contributed by atoms with van der Waals surface area (Å²) in [6, 6.07) is 12.3. The number of fused-ring (bicyclic) bond motifs is 2. The molecule has 0 radical (unpaired) electrons. The predicted octanol–water partition coefficient (Wildman–Crippen LogP) is 3.38. The zero-order valence-corrected chi connectivity index (χ0v) is 24.6. The van der Waals surface area contributed by atoms with Crippen molar-refractivity contribution in [3.05, 3.63) is 99.8 Å². The number of carbonyl (C=O) groups is 1. The maximum absolute atomic E-state index is 11.1. The van der Waals surface area contributed by atoms with Gasteiger partial charge in [-0.15, -0.1) is 6.58 Å². The Labute approximate surface area is 236 Å². The van der Waals surface area contributed by atoms with Gasteiger partial charge in [-0.25, -0.2) is 19.6 Å². The van der Waals surface area contributed by atoms with Gasteiger partial charge < -0.3 is 22.1 Å². The van der Waals surface area contributed by atoms with Gasteiger partial charge in [-0.05, 0) is 60.1 Å². The number of allylic oxidation sites excluding steroid dienone is 1. The minimum atomic E-state index is -0.574. The van der Waals surface area contributed by atoms with Crippen LogP contribution in [0.4, 0.5) is 0 Å². The van der Waals surface area contributed by atoms with Crippen molar-refractivity contribution >= 4 is 60.7 Å². The van der Waals surface area contributed by atoms with Gasteiger partial charge in [0, 0.05) is 28.2 Å². The second-order valence-electron chi connectivity index (χ2n) is 7.65. The molecule has 168 valence electrons. The molecule has 1 unspecified atom stereocenters. The van der Waals surface area contributed by atoms with Gasteiger partial charge in [0.25, 0.3) is 0 Å². The van der Waals surface area contributed by atoms with Crippen LogP contribution in [0.2, 0.25) is 0 Å². The van der Waals surface area contributed by atoms with E-state index in [4.69, 9.17) is 0 Å². The van der Waals surface area contributed by atoms with E-state index in [1.54, 1.807) is 0 Å². The normalized spacial score (nSPS) is 17.9. The molecule has 1 atom stereocenters. The van der Waals surface area contributed by atoms with E-state index in [-0.39, 0.29) is 40.0 Å². The van der Waals surface area contributed by atoms with Crippen LogP contribution in [0.5, 0.6) is 0 Å². The Hall–Kier alpha value is -0.374. The van der Waals surface area contributed by atoms with E-state index in [1.165, 1.54) is 32.8 Å². The van der Waals surface area contributed by atoms with E-state index in [1.807, 2.05) is 30.3 Å². The van der Waals surface area contributed by atoms with Crippen molar-refractivity contribution in [3.8, 4) is 0 Å². The average Bonchev–Trinajstić information content (AvgIpc) is 2.69. The van der Waals surface area contributed by atoms with Crippen molar-refractivity contribution in [1.29, 1.82) is 0 Å². The Morgan fingerprint density at radius 1 is 1.00 bits per heavy atom. The number of halogens is 3. The van der Waals surface area contributed by atoms with Crippen LogP contribution in [0.1, 0.15) is 41.5 Å². The first-order chi connectivity index (χ1) is 14.3. The number of aliphatic hydroxyl groups is 1. The number of ketones is 1. The number of hydrogen-bond acceptors (Lipinski definition) is 2. The van der Waals surface area contributed by atoms with Gasteiger partial charge in [0.2, 0.25) is 0 Å². The zero-order chi connectivity index (χ0) is 22.1. The number of rotatable bonds is 2. The molecule has 0 saturated carbocycles. The van der Waals surface area contributed by atoms with Crippen LogP contribution in [0.15, 0.2) is 70.7 Å². The fourth-order valence-corrected chi connectivity index (χ4v) is 5.12. The summed E-state index contributed by atoms with van der Waals surface area (Å²) in [5.41, 5.74) is 4.55. The van der Waals surface area contributed by atoms with Crippen molar-refractivity contribution in [2.24, 2.45) is 0 Å². The van der Waals surface area contributed by atoms with Crippen molar-refractivity contribution in [2.75, 3.05) is 0 Å². The first kappa shape index (κ1) is 31.6. The summed E-state index contributed by atoms with van der Waals surface area (Å²) in [5, 5.41) is 10.3. The molecule has 4 rings (SSSR count). The molecular formula is C26H29Br3MgO2. The van der Waals surface area contributed by atoms with Crippen molar-refractivity contribution < 1.29 is 26.9 Å². The van der Waals surface area contributed by atoms with Gasteiger partial charge >= 0.3 is 23.1 Å². The van der Waals surface area contributed by atoms with Crippen LogP contribution >= 0.6 is 31.9 Å². The van der Waals surface area contributed by atoms with Crippen molar-refractivity contribution in [2.45, 2.75) is 50.5 Å². The summed E-state index contributed by atoms with van der Waals surface area (Å²) < 4.78 is 2.31. The number of carbonyl (C=O) groups excluding carboxylic acids is 1. The maximum atomic E-state index is 11.1. The molecular weight excluding hydrogens is 608 g/mol. The molecule has 0 saturated heterocycles. The monoisotopic (exact) mass is 634 g/mol. The summed E-state index contributed by atoms with van der Waals surface area (Å²) in [6.07, 6.45) is 8.73. The molecule has 1 N–H and O–H groups in total. The zero-order valence-electron chi connectivity index (χ0n) is 18.4. The van der Waals surface area contributed by atoms with Crippen LogP contribution in [0.3, 0.4) is 0 Å². The Morgan fingerprint density at radius 2 is 1.53 bits per heavy atom. The molecule has 0 aromatic heterocycles. The molecule has 6 heteroatoms. The Morgan fingerprint density at radius 3 is 2.09 bits per heavy atom. The van der Waals surface area contributed by atoms with Gasteiger partial charge in [0.05, 0.1) is 5.60 Å². The molecule has 2 aliphatic carbocycles. The molecule has 0 aliphatic heterocycles. The first-order valence-electron chi connectivity index (χ1n) is 10.1. The number of hydrogen-bond donors (Lipinski definition) is 1. The molecule has 2 aromatic rings. The standard InChI is InChI=1S/C13H15BrO.C10H9BrO.C3H5.BrH.Mg/c1-2-7-13(15)8-6-11-10(9-13)4-3-5-12(11)14;11-10-3-1-2-7-6-8(12)4-5-9(7)10;1-3-2;;/h2-5,15H,1,6-9H2;1-3H,4-6H2;3H,1-2H2;1H;/q;;-1;;+2/p-1. The first-order valence-corrected chi connectivity index (χ1v) is 11.7. The Balaban J connectivity index is 0.000000515. The third-order valence-electron chi connectivity index (χ3n) is 5.36. The van der Waals surface area contributed by atoms with E-state index in [0.717, 1.165) is 30.2 Å². The topological polar surface area (TPSA) is 37.3 Å². The maximum Gasteiger partial charge on any atom is 2.00 e. The van der Waals surface area contributed by atoms with Crippen molar-refractivity contribution in [3.63, 3.8) is 0 Å². The summed E-state index contributed by atoms with van der Waals surface area (Å²) in [4.78, 5) is 11.1. The Bertz CT molecular complexity index is 914. The quantitative estimate of drug-likeness (QED) is 0.312. The molecule has 0 fully saturated rings. The summed E-state index contributed by atoms with van der Waals surface area (Å²) >= 11 is 7.05.